The summed E-state index contributed by atoms with van der Waals surface area (Å²) in [7, 11) is 0. The molecule has 3 N–H and O–H groups in total. The van der Waals surface area contributed by atoms with Gasteiger partial charge in [0.05, 0.1) is 17.0 Å². The van der Waals surface area contributed by atoms with Crippen molar-refractivity contribution >= 4 is 23.5 Å². The fourth-order valence-corrected chi connectivity index (χ4v) is 4.27. The minimum Gasteiger partial charge on any atom is -0.334 e. The average Bonchev–Trinajstić information content (AvgIpc) is 3.40. The maximum atomic E-state index is 13.4. The number of nitrogen functional groups attached to an aromatic ring is 1. The number of halogens is 1. The van der Waals surface area contributed by atoms with E-state index in [2.05, 4.69) is 26.7 Å². The molecule has 4 aromatic rings. The third-order valence-corrected chi connectivity index (χ3v) is 6.29. The zero-order valence-electron chi connectivity index (χ0n) is 19.0. The van der Waals surface area contributed by atoms with Gasteiger partial charge < -0.3 is 11.2 Å². The Kier molecular flexibility index (Phi) is 6.12. The smallest absolute Gasteiger partial charge is 0.271 e. The fourth-order valence-electron chi connectivity index (χ4n) is 3.62. The van der Waals surface area contributed by atoms with Crippen LogP contribution in [0, 0.1) is 44.8 Å². The van der Waals surface area contributed by atoms with Crippen molar-refractivity contribution in [3.63, 3.8) is 0 Å². The number of hydrogen-bond acceptors (Lipinski definition) is 7. The van der Waals surface area contributed by atoms with Crippen LogP contribution in [0.2, 0.25) is 0 Å². The number of nitrogens with zero attached hydrogens (tertiary/aromatic N) is 7. The molecule has 0 aliphatic heterocycles. The summed E-state index contributed by atoms with van der Waals surface area (Å²) in [5.41, 5.74) is 4.13. The van der Waals surface area contributed by atoms with E-state index in [0.29, 0.717) is 28.2 Å². The van der Waals surface area contributed by atoms with E-state index in [9.17, 15) is 14.4 Å². The number of amides is 1. The first-order valence-corrected chi connectivity index (χ1v) is 11.2. The number of carbonyl (C=O) groups is 1. The summed E-state index contributed by atoms with van der Waals surface area (Å²) in [6, 6.07) is 9.87. The first-order chi connectivity index (χ1) is 16.2. The molecule has 1 aromatic carbocycles. The Balaban J connectivity index is 1.55. The van der Waals surface area contributed by atoms with Gasteiger partial charge in [0.25, 0.3) is 5.95 Å². The minimum absolute atomic E-state index is 0.0238. The molecule has 0 bridgehead atoms. The van der Waals surface area contributed by atoms with Crippen molar-refractivity contribution in [2.75, 3.05) is 16.9 Å². The third kappa shape index (κ3) is 4.13. The standard InChI is InChI=1S/C22H22FN9OS/c1-12-9-13(2)32(29-12)21-27-28-22(31(21)25)34-11-19(33)26-20-18(10-24)14(3)15(4)30(20)17-7-5-16(23)6-8-17/h5-9H,11,25H2,1-4H3,(H,26,33). The van der Waals surface area contributed by atoms with Gasteiger partial charge >= 0.3 is 0 Å². The lowest BCUT2D eigenvalue weighted by molar-refractivity contribution is -0.113. The number of nitrogens with one attached hydrogen (secondary N) is 1. The van der Waals surface area contributed by atoms with Gasteiger partial charge in [0, 0.05) is 17.1 Å². The predicted octanol–water partition coefficient (Wildman–Crippen LogP) is 2.94. The summed E-state index contributed by atoms with van der Waals surface area (Å²) >= 11 is 1.10. The van der Waals surface area contributed by atoms with Gasteiger partial charge in [0.1, 0.15) is 17.7 Å². The van der Waals surface area contributed by atoms with Gasteiger partial charge in [-0.3, -0.25) is 9.36 Å². The molecular weight excluding hydrogens is 457 g/mol. The van der Waals surface area contributed by atoms with E-state index in [1.807, 2.05) is 26.8 Å². The van der Waals surface area contributed by atoms with Crippen LogP contribution in [-0.2, 0) is 4.79 Å². The molecule has 3 aromatic heterocycles. The van der Waals surface area contributed by atoms with Crippen molar-refractivity contribution in [2.24, 2.45) is 0 Å². The first kappa shape index (κ1) is 23.1. The van der Waals surface area contributed by atoms with Crippen LogP contribution in [0.1, 0.15) is 28.2 Å². The number of carbonyl (C=O) groups excluding carboxylic acids is 1. The van der Waals surface area contributed by atoms with Crippen molar-refractivity contribution in [3.8, 4) is 17.7 Å². The van der Waals surface area contributed by atoms with E-state index >= 15 is 0 Å². The topological polar surface area (TPSA) is 132 Å². The summed E-state index contributed by atoms with van der Waals surface area (Å²) in [5.74, 6) is 6.03. The zero-order valence-corrected chi connectivity index (χ0v) is 19.8. The summed E-state index contributed by atoms with van der Waals surface area (Å²) in [5, 5.41) is 25.3. The Labute approximate surface area is 199 Å². The number of hydrogen-bond donors (Lipinski definition) is 2. The third-order valence-electron chi connectivity index (χ3n) is 5.35. The molecule has 0 saturated heterocycles. The number of aryl methyl sites for hydroxylation is 2. The van der Waals surface area contributed by atoms with Crippen LogP contribution in [0.15, 0.2) is 35.5 Å². The van der Waals surface area contributed by atoms with Crippen molar-refractivity contribution < 1.29 is 9.18 Å². The van der Waals surface area contributed by atoms with Crippen LogP contribution in [0.4, 0.5) is 10.2 Å². The molecule has 174 valence electrons. The Morgan fingerprint density at radius 1 is 1.21 bits per heavy atom. The van der Waals surface area contributed by atoms with Gasteiger partial charge in [-0.25, -0.2) is 13.7 Å². The molecule has 0 spiro atoms. The van der Waals surface area contributed by atoms with Gasteiger partial charge in [-0.05, 0) is 63.6 Å². The number of benzene rings is 1. The molecule has 0 aliphatic rings. The normalized spacial score (nSPS) is 10.9. The summed E-state index contributed by atoms with van der Waals surface area (Å²) in [6.45, 7) is 7.38. The van der Waals surface area contributed by atoms with Crippen LogP contribution in [-0.4, -0.2) is 40.9 Å². The second kappa shape index (κ2) is 9.03. The average molecular weight is 480 g/mol. The number of nitrogens with two attached hydrogens (primary N) is 1. The molecule has 3 heterocycles. The van der Waals surface area contributed by atoms with E-state index in [1.54, 1.807) is 28.3 Å². The molecule has 0 unspecified atom stereocenters. The van der Waals surface area contributed by atoms with Gasteiger partial charge in [0.15, 0.2) is 0 Å². The molecule has 10 nitrogen and oxygen atoms in total. The quantitative estimate of drug-likeness (QED) is 0.321. The summed E-state index contributed by atoms with van der Waals surface area (Å²) in [4.78, 5) is 12.8. The van der Waals surface area contributed by atoms with Crippen molar-refractivity contribution in [1.29, 1.82) is 5.26 Å². The SMILES string of the molecule is Cc1cc(C)n(-c2nnc(SCC(=O)Nc3c(C#N)c(C)c(C)n3-c3ccc(F)cc3)n2N)n1. The van der Waals surface area contributed by atoms with Crippen molar-refractivity contribution in [2.45, 2.75) is 32.9 Å². The zero-order chi connectivity index (χ0) is 24.6. The summed E-state index contributed by atoms with van der Waals surface area (Å²) < 4.78 is 18.0. The maximum Gasteiger partial charge on any atom is 0.271 e. The number of nitriles is 1. The minimum atomic E-state index is -0.376. The van der Waals surface area contributed by atoms with Crippen molar-refractivity contribution in [3.05, 3.63) is 64.4 Å². The molecule has 4 rings (SSSR count). The largest absolute Gasteiger partial charge is 0.334 e. The van der Waals surface area contributed by atoms with E-state index in [1.165, 1.54) is 16.8 Å². The lowest BCUT2D eigenvalue weighted by atomic mass is 10.2. The van der Waals surface area contributed by atoms with Crippen LogP contribution >= 0.6 is 11.8 Å². The molecule has 0 aliphatic carbocycles. The van der Waals surface area contributed by atoms with E-state index in [4.69, 9.17) is 5.84 Å². The van der Waals surface area contributed by atoms with Gasteiger partial charge in [-0.2, -0.15) is 10.4 Å². The van der Waals surface area contributed by atoms with Crippen LogP contribution in [0.25, 0.3) is 11.6 Å². The molecule has 0 radical (unpaired) electrons. The highest BCUT2D eigenvalue weighted by Gasteiger charge is 2.22. The molecule has 1 amide bonds. The molecule has 12 heteroatoms. The molecule has 0 fully saturated rings. The number of aromatic nitrogens is 6. The van der Waals surface area contributed by atoms with Crippen molar-refractivity contribution in [1.82, 2.24) is 29.2 Å². The Morgan fingerprint density at radius 3 is 2.53 bits per heavy atom. The number of anilines is 1. The Bertz CT molecular complexity index is 1430. The highest BCUT2D eigenvalue weighted by Crippen LogP contribution is 2.30. The lowest BCUT2D eigenvalue weighted by Crippen LogP contribution is -2.20. The molecular formula is C22H22FN9OS. The summed E-state index contributed by atoms with van der Waals surface area (Å²) in [6.07, 6.45) is 0. The number of thioether (sulfide) groups is 1. The monoisotopic (exact) mass is 479 g/mol. The second-order valence-electron chi connectivity index (χ2n) is 7.69. The van der Waals surface area contributed by atoms with Crippen LogP contribution < -0.4 is 11.2 Å². The highest BCUT2D eigenvalue weighted by molar-refractivity contribution is 7.99. The van der Waals surface area contributed by atoms with E-state index < -0.39 is 0 Å². The molecule has 0 saturated carbocycles. The highest BCUT2D eigenvalue weighted by atomic mass is 32.2. The fraction of sp³-hybridized carbons (Fsp3) is 0.227. The molecule has 34 heavy (non-hydrogen) atoms. The van der Waals surface area contributed by atoms with Gasteiger partial charge in [-0.15, -0.1) is 10.2 Å². The Hall–Kier alpha value is -4.11. The van der Waals surface area contributed by atoms with Crippen LogP contribution in [0.5, 0.6) is 0 Å². The van der Waals surface area contributed by atoms with E-state index in [-0.39, 0.29) is 17.5 Å². The Morgan fingerprint density at radius 2 is 1.91 bits per heavy atom. The van der Waals surface area contributed by atoms with Gasteiger partial charge in [-0.1, -0.05) is 11.8 Å². The first-order valence-electron chi connectivity index (χ1n) is 10.3. The van der Waals surface area contributed by atoms with E-state index in [0.717, 1.165) is 34.4 Å². The predicted molar refractivity (Wildman–Crippen MR) is 126 cm³/mol. The van der Waals surface area contributed by atoms with Gasteiger partial charge in [0.2, 0.25) is 11.1 Å². The molecule has 0 atom stereocenters. The second-order valence-corrected chi connectivity index (χ2v) is 8.63. The maximum absolute atomic E-state index is 13.4. The number of rotatable bonds is 6. The lowest BCUT2D eigenvalue weighted by Gasteiger charge is -2.13. The van der Waals surface area contributed by atoms with Crippen LogP contribution in [0.3, 0.4) is 0 Å².